The molecule has 1 atom stereocenters. The number of hydrogen-bond donors (Lipinski definition) is 0. The van der Waals surface area contributed by atoms with Gasteiger partial charge in [-0.3, -0.25) is 0 Å². The second kappa shape index (κ2) is 8.39. The fraction of sp³-hybridized carbons (Fsp3) is 0.391. The minimum Gasteiger partial charge on any atom is -0.483 e. The van der Waals surface area contributed by atoms with Crippen molar-refractivity contribution in [3.05, 3.63) is 71.0 Å². The molecule has 0 saturated carbocycles. The lowest BCUT2D eigenvalue weighted by Gasteiger charge is -2.20. The summed E-state index contributed by atoms with van der Waals surface area (Å²) in [7, 11) is 2.00. The Hall–Kier alpha value is -2.27. The van der Waals surface area contributed by atoms with Gasteiger partial charge in [-0.2, -0.15) is 0 Å². The molecular formula is C23H29N3OS. The molecule has 0 fully saturated rings. The monoisotopic (exact) mass is 395 g/mol. The van der Waals surface area contributed by atoms with Gasteiger partial charge in [0.05, 0.1) is 0 Å². The number of rotatable bonds is 6. The third kappa shape index (κ3) is 4.76. The summed E-state index contributed by atoms with van der Waals surface area (Å²) in [5, 5.41) is 9.64. The highest BCUT2D eigenvalue weighted by Gasteiger charge is 2.18. The van der Waals surface area contributed by atoms with Crippen molar-refractivity contribution in [2.75, 3.05) is 0 Å². The van der Waals surface area contributed by atoms with E-state index in [2.05, 4.69) is 74.3 Å². The maximum absolute atomic E-state index is 6.11. The SMILES string of the molecule is Cc1ccccc1CSc1nnc(C(C)Oc2ccc(C(C)(C)C)cc2)n1C. The predicted molar refractivity (Wildman–Crippen MR) is 116 cm³/mol. The first-order valence-corrected chi connectivity index (χ1v) is 10.6. The van der Waals surface area contributed by atoms with Gasteiger partial charge in [-0.05, 0) is 48.1 Å². The number of benzene rings is 2. The van der Waals surface area contributed by atoms with Crippen LogP contribution in [-0.4, -0.2) is 14.8 Å². The molecule has 1 unspecified atom stereocenters. The molecule has 0 saturated heterocycles. The second-order valence-corrected chi connectivity index (χ2v) is 9.09. The maximum atomic E-state index is 6.11. The third-order valence-electron chi connectivity index (χ3n) is 4.88. The largest absolute Gasteiger partial charge is 0.483 e. The molecule has 0 spiro atoms. The van der Waals surface area contributed by atoms with Crippen molar-refractivity contribution in [3.8, 4) is 5.75 Å². The van der Waals surface area contributed by atoms with Gasteiger partial charge in [0, 0.05) is 12.8 Å². The molecule has 1 aromatic heterocycles. The van der Waals surface area contributed by atoms with Crippen LogP contribution in [0.5, 0.6) is 5.75 Å². The molecule has 4 nitrogen and oxygen atoms in total. The molecule has 2 aromatic carbocycles. The zero-order valence-corrected chi connectivity index (χ0v) is 18.4. The highest BCUT2D eigenvalue weighted by molar-refractivity contribution is 7.98. The molecule has 0 aliphatic heterocycles. The quantitative estimate of drug-likeness (QED) is 0.491. The smallest absolute Gasteiger partial charge is 0.191 e. The van der Waals surface area contributed by atoms with Crippen molar-refractivity contribution in [1.82, 2.24) is 14.8 Å². The average molecular weight is 396 g/mol. The molecule has 3 rings (SSSR count). The van der Waals surface area contributed by atoms with Gasteiger partial charge < -0.3 is 9.30 Å². The van der Waals surface area contributed by atoms with Gasteiger partial charge in [-0.15, -0.1) is 10.2 Å². The molecule has 0 amide bonds. The Kier molecular flexibility index (Phi) is 6.14. The lowest BCUT2D eigenvalue weighted by Crippen LogP contribution is -2.12. The first-order chi connectivity index (χ1) is 13.3. The standard InChI is InChI=1S/C23H29N3OS/c1-16-9-7-8-10-18(16)15-28-22-25-24-21(26(22)6)17(2)27-20-13-11-19(12-14-20)23(3,4)5/h7-14,17H,15H2,1-6H3. The molecule has 0 N–H and O–H groups in total. The Morgan fingerprint density at radius 2 is 1.71 bits per heavy atom. The van der Waals surface area contributed by atoms with Crippen LogP contribution in [0.2, 0.25) is 0 Å². The highest BCUT2D eigenvalue weighted by Crippen LogP contribution is 2.28. The molecule has 0 aliphatic rings. The van der Waals surface area contributed by atoms with Crippen LogP contribution in [0.25, 0.3) is 0 Å². The summed E-state index contributed by atoms with van der Waals surface area (Å²) in [5.41, 5.74) is 4.05. The van der Waals surface area contributed by atoms with Gasteiger partial charge in [0.1, 0.15) is 5.75 Å². The molecular weight excluding hydrogens is 366 g/mol. The van der Waals surface area contributed by atoms with E-state index in [0.29, 0.717) is 0 Å². The van der Waals surface area contributed by atoms with E-state index < -0.39 is 0 Å². The fourth-order valence-corrected chi connectivity index (χ4v) is 4.00. The van der Waals surface area contributed by atoms with Gasteiger partial charge in [-0.25, -0.2) is 0 Å². The second-order valence-electron chi connectivity index (χ2n) is 8.15. The minimum absolute atomic E-state index is 0.136. The Labute approximate surface area is 172 Å². The Bertz CT molecular complexity index is 926. The first kappa shape index (κ1) is 20.5. The third-order valence-corrected chi connectivity index (χ3v) is 5.95. The van der Waals surface area contributed by atoms with Crippen LogP contribution in [0.15, 0.2) is 53.7 Å². The van der Waals surface area contributed by atoms with Crippen molar-refractivity contribution in [1.29, 1.82) is 0 Å². The van der Waals surface area contributed by atoms with E-state index in [4.69, 9.17) is 4.74 Å². The fourth-order valence-electron chi connectivity index (χ4n) is 3.01. The molecule has 5 heteroatoms. The minimum atomic E-state index is -0.175. The van der Waals surface area contributed by atoms with Crippen molar-refractivity contribution < 1.29 is 4.74 Å². The predicted octanol–water partition coefficient (Wildman–Crippen LogP) is 5.85. The number of hydrogen-bond acceptors (Lipinski definition) is 4. The van der Waals surface area contributed by atoms with E-state index >= 15 is 0 Å². The zero-order chi connectivity index (χ0) is 20.3. The van der Waals surface area contributed by atoms with E-state index in [1.165, 1.54) is 16.7 Å². The average Bonchev–Trinajstić information content (AvgIpc) is 3.01. The van der Waals surface area contributed by atoms with Crippen molar-refractivity contribution >= 4 is 11.8 Å². The number of aryl methyl sites for hydroxylation is 1. The van der Waals surface area contributed by atoms with Crippen LogP contribution in [0.4, 0.5) is 0 Å². The summed E-state index contributed by atoms with van der Waals surface area (Å²) in [5.74, 6) is 2.55. The zero-order valence-electron chi connectivity index (χ0n) is 17.6. The van der Waals surface area contributed by atoms with E-state index in [-0.39, 0.29) is 11.5 Å². The van der Waals surface area contributed by atoms with Crippen molar-refractivity contribution in [3.63, 3.8) is 0 Å². The van der Waals surface area contributed by atoms with Gasteiger partial charge in [0.25, 0.3) is 0 Å². The van der Waals surface area contributed by atoms with Gasteiger partial charge in [-0.1, -0.05) is 68.9 Å². The summed E-state index contributed by atoms with van der Waals surface area (Å²) >= 11 is 1.70. The summed E-state index contributed by atoms with van der Waals surface area (Å²) in [6.07, 6.45) is -0.175. The summed E-state index contributed by atoms with van der Waals surface area (Å²) < 4.78 is 8.14. The van der Waals surface area contributed by atoms with Crippen LogP contribution in [0.1, 0.15) is 56.3 Å². The first-order valence-electron chi connectivity index (χ1n) is 9.59. The number of nitrogens with zero attached hydrogens (tertiary/aromatic N) is 3. The number of aromatic nitrogens is 3. The molecule has 3 aromatic rings. The molecule has 1 heterocycles. The van der Waals surface area contributed by atoms with Crippen LogP contribution in [0.3, 0.4) is 0 Å². The number of thioether (sulfide) groups is 1. The Morgan fingerprint density at radius 3 is 2.36 bits per heavy atom. The van der Waals surface area contributed by atoms with Crippen molar-refractivity contribution in [2.45, 2.75) is 57.0 Å². The van der Waals surface area contributed by atoms with Gasteiger partial charge in [0.15, 0.2) is 17.1 Å². The van der Waals surface area contributed by atoms with E-state index in [0.717, 1.165) is 22.5 Å². The summed E-state index contributed by atoms with van der Waals surface area (Å²) in [6.45, 7) is 10.8. The van der Waals surface area contributed by atoms with E-state index in [1.54, 1.807) is 11.8 Å². The number of ether oxygens (including phenoxy) is 1. The van der Waals surface area contributed by atoms with E-state index in [1.807, 2.05) is 30.7 Å². The molecule has 0 radical (unpaired) electrons. The van der Waals surface area contributed by atoms with Crippen molar-refractivity contribution in [2.24, 2.45) is 7.05 Å². The van der Waals surface area contributed by atoms with Gasteiger partial charge >= 0.3 is 0 Å². The van der Waals surface area contributed by atoms with Crippen LogP contribution < -0.4 is 4.74 Å². The van der Waals surface area contributed by atoms with Crippen LogP contribution in [0, 0.1) is 6.92 Å². The summed E-state index contributed by atoms with van der Waals surface area (Å²) in [6, 6.07) is 16.8. The Morgan fingerprint density at radius 1 is 1.04 bits per heavy atom. The Balaban J connectivity index is 1.66. The molecule has 148 valence electrons. The normalized spacial score (nSPS) is 12.8. The van der Waals surface area contributed by atoms with Gasteiger partial charge in [0.2, 0.25) is 0 Å². The maximum Gasteiger partial charge on any atom is 0.191 e. The molecule has 28 heavy (non-hydrogen) atoms. The molecule has 0 aliphatic carbocycles. The topological polar surface area (TPSA) is 39.9 Å². The molecule has 0 bridgehead atoms. The van der Waals surface area contributed by atoms with E-state index in [9.17, 15) is 0 Å². The lowest BCUT2D eigenvalue weighted by atomic mass is 9.87. The van der Waals surface area contributed by atoms with Crippen LogP contribution >= 0.6 is 11.8 Å². The highest BCUT2D eigenvalue weighted by atomic mass is 32.2. The lowest BCUT2D eigenvalue weighted by molar-refractivity contribution is 0.211. The summed E-state index contributed by atoms with van der Waals surface area (Å²) in [4.78, 5) is 0. The van der Waals surface area contributed by atoms with Crippen LogP contribution in [-0.2, 0) is 18.2 Å².